The second-order valence-electron chi connectivity index (χ2n) is 8.60. The second-order valence-corrected chi connectivity index (χ2v) is 8.98. The Balaban J connectivity index is 1.94. The number of fused-ring (bicyclic) bond motifs is 1. The number of nitrogen functional groups attached to an aromatic ring is 1. The minimum atomic E-state index is -0.259. The molecule has 1 aromatic heterocycles. The number of carbonyl (C=O) groups excluding carboxylic acids is 1. The number of carbonyl (C=O) groups is 1. The van der Waals surface area contributed by atoms with Crippen molar-refractivity contribution in [2.45, 2.75) is 32.6 Å². The summed E-state index contributed by atoms with van der Waals surface area (Å²) in [6, 6.07) is 8.24. The number of nitrogens with two attached hydrogens (primary N) is 1. The van der Waals surface area contributed by atoms with Crippen LogP contribution in [0, 0.1) is 10.2 Å². The predicted octanol–water partition coefficient (Wildman–Crippen LogP) is 3.99. The van der Waals surface area contributed by atoms with Crippen LogP contribution in [0.5, 0.6) is 0 Å². The fourth-order valence-corrected chi connectivity index (χ4v) is 4.46. The highest BCUT2D eigenvalue weighted by atomic mass is 32.1. The quantitative estimate of drug-likeness (QED) is 0.667. The van der Waals surface area contributed by atoms with Crippen molar-refractivity contribution >= 4 is 35.3 Å². The van der Waals surface area contributed by atoms with Gasteiger partial charge in [0, 0.05) is 49.0 Å². The normalized spacial score (nSPS) is 20.3. The van der Waals surface area contributed by atoms with Crippen LogP contribution >= 0.6 is 12.2 Å². The molecule has 4 rings (SSSR count). The van der Waals surface area contributed by atoms with Gasteiger partial charge in [-0.05, 0) is 41.7 Å². The molecule has 1 aliphatic heterocycles. The average molecular weight is 396 g/mol. The number of aromatic amines is 1. The molecule has 0 saturated carbocycles. The topological polar surface area (TPSA) is 87.0 Å². The van der Waals surface area contributed by atoms with Crippen LogP contribution in [0.4, 0.5) is 17.3 Å². The van der Waals surface area contributed by atoms with Gasteiger partial charge in [0.05, 0.1) is 0 Å². The maximum atomic E-state index is 13.2. The van der Waals surface area contributed by atoms with E-state index in [1.165, 1.54) is 0 Å². The molecule has 0 unspecified atom stereocenters. The Bertz CT molecular complexity index is 1050. The van der Waals surface area contributed by atoms with Crippen molar-refractivity contribution in [3.8, 4) is 0 Å². The van der Waals surface area contributed by atoms with E-state index in [1.807, 2.05) is 19.0 Å². The van der Waals surface area contributed by atoms with E-state index >= 15 is 0 Å². The van der Waals surface area contributed by atoms with Crippen molar-refractivity contribution in [3.05, 3.63) is 51.4 Å². The number of Topliss-reactive ketones (excluding diaryl/α,β-unsaturated/α-hetero) is 1. The number of nitrogens with zero attached hydrogens (tertiary/aromatic N) is 2. The second kappa shape index (κ2) is 6.44. The molecule has 6 nitrogen and oxygen atoms in total. The van der Waals surface area contributed by atoms with Crippen LogP contribution in [0.25, 0.3) is 0 Å². The number of benzene rings is 1. The van der Waals surface area contributed by atoms with Crippen LogP contribution in [0.3, 0.4) is 0 Å². The third-order valence-corrected chi connectivity index (χ3v) is 5.70. The van der Waals surface area contributed by atoms with E-state index < -0.39 is 0 Å². The lowest BCUT2D eigenvalue weighted by molar-refractivity contribution is -0.118. The van der Waals surface area contributed by atoms with Crippen molar-refractivity contribution in [1.29, 1.82) is 0 Å². The van der Waals surface area contributed by atoms with E-state index in [0.717, 1.165) is 34.5 Å². The number of aromatic nitrogens is 2. The van der Waals surface area contributed by atoms with Crippen molar-refractivity contribution in [1.82, 2.24) is 9.97 Å². The van der Waals surface area contributed by atoms with Gasteiger partial charge in [-0.15, -0.1) is 0 Å². The molecule has 0 radical (unpaired) electrons. The molecule has 2 aliphatic rings. The largest absolute Gasteiger partial charge is 0.385 e. The summed E-state index contributed by atoms with van der Waals surface area (Å²) in [5.41, 5.74) is 10.9. The van der Waals surface area contributed by atoms with Crippen LogP contribution in [0.15, 0.2) is 35.5 Å². The highest BCUT2D eigenvalue weighted by molar-refractivity contribution is 7.71. The van der Waals surface area contributed by atoms with E-state index in [4.69, 9.17) is 18.0 Å². The van der Waals surface area contributed by atoms with Gasteiger partial charge in [-0.3, -0.25) is 4.79 Å². The first-order valence-electron chi connectivity index (χ1n) is 9.36. The summed E-state index contributed by atoms with van der Waals surface area (Å²) in [5.74, 6) is 0.999. The van der Waals surface area contributed by atoms with Gasteiger partial charge in [-0.25, -0.2) is 4.98 Å². The summed E-state index contributed by atoms with van der Waals surface area (Å²) < 4.78 is 0.330. The number of anilines is 3. The smallest absolute Gasteiger partial charge is 0.200 e. The fourth-order valence-electron chi connectivity index (χ4n) is 4.25. The molecule has 1 aliphatic carbocycles. The molecule has 1 aromatic carbocycles. The van der Waals surface area contributed by atoms with Crippen LogP contribution in [-0.2, 0) is 4.79 Å². The summed E-state index contributed by atoms with van der Waals surface area (Å²) in [5, 5.41) is 3.37. The zero-order chi connectivity index (χ0) is 20.2. The summed E-state index contributed by atoms with van der Waals surface area (Å²) in [4.78, 5) is 22.7. The first-order valence-corrected chi connectivity index (χ1v) is 9.77. The van der Waals surface area contributed by atoms with Gasteiger partial charge in [-0.2, -0.15) is 0 Å². The number of nitrogens with one attached hydrogen (secondary N) is 2. The number of allylic oxidation sites excluding steroid dienone is 2. The molecule has 146 valence electrons. The van der Waals surface area contributed by atoms with Gasteiger partial charge >= 0.3 is 0 Å². The van der Waals surface area contributed by atoms with Gasteiger partial charge < -0.3 is 20.9 Å². The monoisotopic (exact) mass is 395 g/mol. The first-order chi connectivity index (χ1) is 13.2. The molecule has 4 N–H and O–H groups in total. The van der Waals surface area contributed by atoms with Crippen molar-refractivity contribution in [2.75, 3.05) is 30.0 Å². The lowest BCUT2D eigenvalue weighted by Gasteiger charge is -2.39. The molecule has 1 atom stereocenters. The number of hydrogen-bond acceptors (Lipinski definition) is 6. The Hall–Kier alpha value is -2.67. The number of hydrogen-bond donors (Lipinski definition) is 3. The van der Waals surface area contributed by atoms with Crippen molar-refractivity contribution in [3.63, 3.8) is 0 Å². The van der Waals surface area contributed by atoms with E-state index in [9.17, 15) is 4.79 Å². The zero-order valence-electron chi connectivity index (χ0n) is 16.6. The van der Waals surface area contributed by atoms with Crippen LogP contribution in [0.1, 0.15) is 43.7 Å². The first kappa shape index (κ1) is 18.7. The highest BCUT2D eigenvalue weighted by Crippen LogP contribution is 2.49. The van der Waals surface area contributed by atoms with Gasteiger partial charge in [0.25, 0.3) is 0 Å². The van der Waals surface area contributed by atoms with Crippen LogP contribution in [0.2, 0.25) is 0 Å². The van der Waals surface area contributed by atoms with Crippen molar-refractivity contribution < 1.29 is 4.79 Å². The van der Waals surface area contributed by atoms with Crippen LogP contribution in [-0.4, -0.2) is 29.8 Å². The molecule has 0 amide bonds. The summed E-state index contributed by atoms with van der Waals surface area (Å²) >= 11 is 5.23. The third kappa shape index (κ3) is 3.09. The molecule has 0 bridgehead atoms. The molecule has 2 aromatic rings. The number of rotatable bonds is 2. The molecule has 2 heterocycles. The molecule has 0 fully saturated rings. The predicted molar refractivity (Wildman–Crippen MR) is 115 cm³/mol. The maximum absolute atomic E-state index is 13.2. The van der Waals surface area contributed by atoms with E-state index in [2.05, 4.69) is 53.4 Å². The number of H-pyrrole nitrogens is 1. The van der Waals surface area contributed by atoms with Crippen LogP contribution < -0.4 is 16.0 Å². The SMILES string of the molecule is CN(C)c1ccc([C@@H]2C3=C(CC(C)(C)CC3=O)Nc3nc(=S)[nH]c(N)c32)cc1. The Kier molecular flexibility index (Phi) is 4.30. The van der Waals surface area contributed by atoms with Gasteiger partial charge in [-0.1, -0.05) is 26.0 Å². The Morgan fingerprint density at radius 3 is 2.54 bits per heavy atom. The van der Waals surface area contributed by atoms with E-state index in [0.29, 0.717) is 22.8 Å². The third-order valence-electron chi connectivity index (χ3n) is 5.51. The molecular formula is C21H25N5OS. The summed E-state index contributed by atoms with van der Waals surface area (Å²) in [6.07, 6.45) is 1.30. The van der Waals surface area contributed by atoms with E-state index in [-0.39, 0.29) is 17.1 Å². The minimum Gasteiger partial charge on any atom is -0.385 e. The van der Waals surface area contributed by atoms with E-state index in [1.54, 1.807) is 0 Å². The summed E-state index contributed by atoms with van der Waals surface area (Å²) in [6.45, 7) is 4.23. The summed E-state index contributed by atoms with van der Waals surface area (Å²) in [7, 11) is 4.01. The Morgan fingerprint density at radius 2 is 1.89 bits per heavy atom. The van der Waals surface area contributed by atoms with Crippen molar-refractivity contribution in [2.24, 2.45) is 5.41 Å². The molecule has 0 saturated heterocycles. The zero-order valence-corrected chi connectivity index (χ0v) is 17.4. The lowest BCUT2D eigenvalue weighted by Crippen LogP contribution is -2.34. The number of ketones is 1. The standard InChI is InChI=1S/C21H25N5OS/c1-21(2)9-13-16(14(27)10-21)15(11-5-7-12(8-6-11)26(3)4)17-18(22)24-20(28)25-19(17)23-13/h5-8,15H,9-10H2,1-4H3,(H4,22,23,24,25,28)/t15-/m1/s1. The Morgan fingerprint density at radius 1 is 1.21 bits per heavy atom. The molecule has 0 spiro atoms. The minimum absolute atomic E-state index is 0.0943. The average Bonchev–Trinajstić information content (AvgIpc) is 2.58. The van der Waals surface area contributed by atoms with Gasteiger partial charge in [0.2, 0.25) is 0 Å². The fraction of sp³-hybridized carbons (Fsp3) is 0.381. The highest BCUT2D eigenvalue weighted by Gasteiger charge is 2.42. The molecule has 7 heteroatoms. The van der Waals surface area contributed by atoms with Gasteiger partial charge in [0.15, 0.2) is 10.6 Å². The Labute approximate surface area is 169 Å². The lowest BCUT2D eigenvalue weighted by atomic mass is 9.69. The maximum Gasteiger partial charge on any atom is 0.200 e. The molecule has 28 heavy (non-hydrogen) atoms. The van der Waals surface area contributed by atoms with Gasteiger partial charge in [0.1, 0.15) is 11.6 Å². The molecular weight excluding hydrogens is 370 g/mol.